The van der Waals surface area contributed by atoms with Crippen molar-refractivity contribution in [2.24, 2.45) is 0 Å². The predicted octanol–water partition coefficient (Wildman–Crippen LogP) is 8.39. The zero-order chi connectivity index (χ0) is 41.0. The summed E-state index contributed by atoms with van der Waals surface area (Å²) in [5, 5.41) is 0. The van der Waals surface area contributed by atoms with Crippen molar-refractivity contribution < 1.29 is 27.5 Å². The molecule has 0 aliphatic carbocycles. The summed E-state index contributed by atoms with van der Waals surface area (Å²) in [6.45, 7) is 10.9. The van der Waals surface area contributed by atoms with Gasteiger partial charge >= 0.3 is 6.18 Å². The number of nitrogens with zero attached hydrogens (tertiary/aromatic N) is 5. The second-order valence-electron chi connectivity index (χ2n) is 14.4. The van der Waals surface area contributed by atoms with Crippen molar-refractivity contribution in [1.29, 1.82) is 0 Å². The van der Waals surface area contributed by atoms with Gasteiger partial charge < -0.3 is 29.2 Å². The summed E-state index contributed by atoms with van der Waals surface area (Å²) >= 11 is 2.14. The van der Waals surface area contributed by atoms with Crippen molar-refractivity contribution in [3.05, 3.63) is 137 Å². The Morgan fingerprint density at radius 2 is 1.37 bits per heavy atom. The molecular formula is C45H53F3IN5O3. The average Bonchev–Trinajstić information content (AvgIpc) is 3.22. The molecule has 1 aliphatic rings. The molecular weight excluding hydrogens is 842 g/mol. The molecule has 0 spiro atoms. The highest BCUT2D eigenvalue weighted by Crippen LogP contribution is 2.34. The third-order valence-electron chi connectivity index (χ3n) is 10.3. The Morgan fingerprint density at radius 1 is 0.772 bits per heavy atom. The quantitative estimate of drug-likeness (QED) is 0.0460. The number of morpholine rings is 1. The molecule has 0 saturated carbocycles. The molecule has 57 heavy (non-hydrogen) atoms. The van der Waals surface area contributed by atoms with Gasteiger partial charge in [0, 0.05) is 83.3 Å². The van der Waals surface area contributed by atoms with Gasteiger partial charge in [0.15, 0.2) is 3.55 Å². The summed E-state index contributed by atoms with van der Waals surface area (Å²) in [4.78, 5) is 39.3. The minimum Gasteiger partial charge on any atom is -0.378 e. The third-order valence-corrected chi connectivity index (χ3v) is 11.7. The first-order valence-corrected chi connectivity index (χ1v) is 20.5. The number of carbonyl (C=O) groups excluding carboxylic acids is 2. The first-order valence-electron chi connectivity index (χ1n) is 19.4. The van der Waals surface area contributed by atoms with Gasteiger partial charge in [-0.1, -0.05) is 66.7 Å². The number of rotatable bonds is 17. The molecule has 1 aliphatic heterocycles. The maximum absolute atomic E-state index is 14.9. The zero-order valence-corrected chi connectivity index (χ0v) is 35.4. The Hall–Kier alpha value is -4.40. The highest BCUT2D eigenvalue weighted by atomic mass is 127. The summed E-state index contributed by atoms with van der Waals surface area (Å²) in [5.41, 5.74) is 4.79. The van der Waals surface area contributed by atoms with Crippen molar-refractivity contribution in [2.75, 3.05) is 76.4 Å². The van der Waals surface area contributed by atoms with Gasteiger partial charge in [-0.15, -0.1) is 0 Å². The molecule has 8 nitrogen and oxygen atoms in total. The Kier molecular flexibility index (Phi) is 15.6. The van der Waals surface area contributed by atoms with Gasteiger partial charge in [0.2, 0.25) is 5.91 Å². The Bertz CT molecular complexity index is 1900. The van der Waals surface area contributed by atoms with Crippen molar-refractivity contribution >= 4 is 51.9 Å². The van der Waals surface area contributed by atoms with E-state index in [0.29, 0.717) is 38.4 Å². The summed E-state index contributed by atoms with van der Waals surface area (Å²) in [7, 11) is 3.80. The molecule has 1 fully saturated rings. The second-order valence-corrected chi connectivity index (χ2v) is 16.2. The summed E-state index contributed by atoms with van der Waals surface area (Å²) < 4.78 is 43.9. The monoisotopic (exact) mass is 895 g/mol. The minimum absolute atomic E-state index is 0.123. The Morgan fingerprint density at radius 3 is 1.96 bits per heavy atom. The number of alkyl halides is 4. The second kappa shape index (κ2) is 20.3. The summed E-state index contributed by atoms with van der Waals surface area (Å²) in [5.74, 6) is -0.672. The van der Waals surface area contributed by atoms with Crippen LogP contribution in [0.3, 0.4) is 0 Å². The van der Waals surface area contributed by atoms with Gasteiger partial charge in [-0.2, -0.15) is 13.2 Å². The molecule has 1 unspecified atom stereocenters. The van der Waals surface area contributed by atoms with Crippen LogP contribution in [-0.2, 0) is 40.0 Å². The van der Waals surface area contributed by atoms with Crippen LogP contribution in [-0.4, -0.2) is 96.6 Å². The number of likely N-dealkylation sites (N-methyl/N-ethyl adjacent to an activating group) is 2. The van der Waals surface area contributed by atoms with Crippen LogP contribution in [0.5, 0.6) is 0 Å². The molecule has 0 N–H and O–H groups in total. The summed E-state index contributed by atoms with van der Waals surface area (Å²) in [6.07, 6.45) is -1.40. The number of amides is 2. The van der Waals surface area contributed by atoms with Crippen LogP contribution in [0.1, 0.15) is 41.7 Å². The van der Waals surface area contributed by atoms with E-state index in [9.17, 15) is 22.8 Å². The fraction of sp³-hybridized carbons (Fsp3) is 0.378. The van der Waals surface area contributed by atoms with E-state index in [2.05, 4.69) is 75.4 Å². The lowest BCUT2D eigenvalue weighted by Crippen LogP contribution is -2.58. The third kappa shape index (κ3) is 12.1. The van der Waals surface area contributed by atoms with E-state index in [-0.39, 0.29) is 18.9 Å². The lowest BCUT2D eigenvalue weighted by molar-refractivity contribution is -0.144. The van der Waals surface area contributed by atoms with Gasteiger partial charge in [0.1, 0.15) is 0 Å². The van der Waals surface area contributed by atoms with Crippen molar-refractivity contribution in [3.8, 4) is 0 Å². The van der Waals surface area contributed by atoms with Gasteiger partial charge in [-0.3, -0.25) is 9.59 Å². The van der Waals surface area contributed by atoms with Crippen molar-refractivity contribution in [1.82, 2.24) is 14.7 Å². The predicted molar refractivity (Wildman–Crippen MR) is 231 cm³/mol. The van der Waals surface area contributed by atoms with Gasteiger partial charge in [0.25, 0.3) is 5.91 Å². The van der Waals surface area contributed by atoms with E-state index in [1.165, 1.54) is 35.5 Å². The van der Waals surface area contributed by atoms with E-state index in [4.69, 9.17) is 4.74 Å². The Labute approximate surface area is 349 Å². The number of ether oxygens (including phenoxy) is 1. The number of hydrogen-bond donors (Lipinski definition) is 0. The first kappa shape index (κ1) is 43.7. The Balaban J connectivity index is 1.41. The molecule has 1 atom stereocenters. The van der Waals surface area contributed by atoms with E-state index in [1.807, 2.05) is 61.6 Å². The van der Waals surface area contributed by atoms with E-state index < -0.39 is 21.2 Å². The molecule has 304 valence electrons. The molecule has 4 aromatic carbocycles. The van der Waals surface area contributed by atoms with Crippen LogP contribution in [0.2, 0.25) is 0 Å². The van der Waals surface area contributed by atoms with Gasteiger partial charge in [0.05, 0.1) is 18.8 Å². The molecule has 12 heteroatoms. The number of hydrogen-bond acceptors (Lipinski definition) is 6. The standard InChI is InChI=1S/C45H53F3IN5O3/c1-5-52(6-2)40-21-14-37(15-22-40)33-50(3)26-27-51(4)43(56)44(49,32-36-10-8-7-9-11-36)54(34-38-16-23-41(24-17-38)53-28-30-57-31-29-53)42(55)25-18-35-12-19-39(20-13-35)45(46,47)48/h7-25H,5-6,26-34H2,1-4H3. The largest absolute Gasteiger partial charge is 0.416 e. The maximum atomic E-state index is 14.9. The van der Waals surface area contributed by atoms with Crippen LogP contribution < -0.4 is 9.80 Å². The lowest BCUT2D eigenvalue weighted by Gasteiger charge is -2.41. The average molecular weight is 896 g/mol. The fourth-order valence-corrected chi connectivity index (χ4v) is 8.15. The minimum atomic E-state index is -4.47. The smallest absolute Gasteiger partial charge is 0.378 e. The molecule has 0 radical (unpaired) electrons. The molecule has 0 bridgehead atoms. The van der Waals surface area contributed by atoms with Crippen LogP contribution >= 0.6 is 22.6 Å². The normalized spacial score (nSPS) is 14.4. The van der Waals surface area contributed by atoms with E-state index in [0.717, 1.165) is 55.1 Å². The van der Waals surface area contributed by atoms with Gasteiger partial charge in [-0.25, -0.2) is 0 Å². The SMILES string of the molecule is CCN(CC)c1ccc(CN(C)CCN(C)C(=O)C(I)(Cc2ccccc2)N(Cc2ccc(N3CCOCC3)cc2)C(=O)C=Cc2ccc(C(F)(F)F)cc2)cc1. The van der Waals surface area contributed by atoms with Crippen molar-refractivity contribution in [3.63, 3.8) is 0 Å². The van der Waals surface area contributed by atoms with Crippen LogP contribution in [0.25, 0.3) is 6.08 Å². The van der Waals surface area contributed by atoms with Gasteiger partial charge in [-0.05, 0) is 108 Å². The van der Waals surface area contributed by atoms with Crippen molar-refractivity contribution in [2.45, 2.75) is 43.1 Å². The fourth-order valence-electron chi connectivity index (χ4n) is 6.89. The van der Waals surface area contributed by atoms with Crippen LogP contribution in [0.15, 0.2) is 109 Å². The molecule has 1 saturated heterocycles. The lowest BCUT2D eigenvalue weighted by atomic mass is 10.0. The summed E-state index contributed by atoms with van der Waals surface area (Å²) in [6, 6.07) is 30.8. The molecule has 5 rings (SSSR count). The van der Waals surface area contributed by atoms with Crippen LogP contribution in [0.4, 0.5) is 24.5 Å². The molecule has 4 aromatic rings. The number of benzene rings is 4. The molecule has 0 aromatic heterocycles. The zero-order valence-electron chi connectivity index (χ0n) is 33.2. The highest BCUT2D eigenvalue weighted by molar-refractivity contribution is 14.1. The topological polar surface area (TPSA) is 59.6 Å². The van der Waals surface area contributed by atoms with Crippen LogP contribution in [0, 0.1) is 0 Å². The maximum Gasteiger partial charge on any atom is 0.416 e. The van der Waals surface area contributed by atoms with E-state index in [1.54, 1.807) is 16.8 Å². The molecule has 2 amide bonds. The molecule has 1 heterocycles. The van der Waals surface area contributed by atoms with E-state index >= 15 is 0 Å². The first-order chi connectivity index (χ1) is 27.3. The highest BCUT2D eigenvalue weighted by Gasteiger charge is 2.45. The number of anilines is 2. The number of halogens is 4. The number of carbonyl (C=O) groups is 2.